The van der Waals surface area contributed by atoms with Crippen LogP contribution in [0.4, 0.5) is 0 Å². The van der Waals surface area contributed by atoms with Crippen LogP contribution < -0.4 is 0 Å². The number of rotatable bonds is 2. The summed E-state index contributed by atoms with van der Waals surface area (Å²) in [5.74, 6) is 0. The van der Waals surface area contributed by atoms with Crippen LogP contribution in [0.1, 0.15) is 86.9 Å². The fourth-order valence-corrected chi connectivity index (χ4v) is 14.7. The van der Waals surface area contributed by atoms with Crippen LogP contribution in [0.15, 0.2) is 222 Å². The number of hydrogen-bond donors (Lipinski definition) is 0. The minimum atomic E-state index is -0.343. The number of fused-ring (bicyclic) bond motifs is 20. The van der Waals surface area contributed by atoms with Gasteiger partial charge in [-0.2, -0.15) is 0 Å². The van der Waals surface area contributed by atoms with Crippen molar-refractivity contribution in [1.82, 2.24) is 0 Å². The highest BCUT2D eigenvalue weighted by Gasteiger charge is 2.53. The molecule has 15 rings (SSSR count). The van der Waals surface area contributed by atoms with Gasteiger partial charge in [-0.3, -0.25) is 0 Å². The Balaban J connectivity index is 0.821. The summed E-state index contributed by atoms with van der Waals surface area (Å²) >= 11 is 1.96. The van der Waals surface area contributed by atoms with Crippen LogP contribution in [-0.4, -0.2) is 0 Å². The first kappa shape index (κ1) is 36.2. The third-order valence-corrected chi connectivity index (χ3v) is 17.4. The molecule has 0 unspecified atom stereocenters. The molecule has 0 aromatic heterocycles. The SMILES string of the molecule is C=C1C2=C(CCC(c3ccc4c(c3)C3(c5ccccc5-c5ccccc53)c3ccccc3-4)=C2)Sc2ccc(C3=CC4=C(CC3)c3ccccc3C43c4ccccc4-c4ccccc43)cc21. The molecular weight excluding hydrogens is 801 g/mol. The van der Waals surface area contributed by atoms with E-state index in [9.17, 15) is 0 Å². The first-order chi connectivity index (χ1) is 32.1. The van der Waals surface area contributed by atoms with Gasteiger partial charge in [-0.25, -0.2) is 0 Å². The van der Waals surface area contributed by atoms with Crippen LogP contribution in [0, 0.1) is 0 Å². The van der Waals surface area contributed by atoms with Gasteiger partial charge in [0.05, 0.1) is 10.8 Å². The van der Waals surface area contributed by atoms with Gasteiger partial charge in [0.1, 0.15) is 0 Å². The smallest absolute Gasteiger partial charge is 0.0725 e. The van der Waals surface area contributed by atoms with Crippen molar-refractivity contribution in [1.29, 1.82) is 0 Å². The normalized spacial score (nSPS) is 17.9. The Morgan fingerprint density at radius 2 is 0.815 bits per heavy atom. The predicted molar refractivity (Wildman–Crippen MR) is 271 cm³/mol. The molecule has 0 nitrogen and oxygen atoms in total. The quantitative estimate of drug-likeness (QED) is 0.167. The van der Waals surface area contributed by atoms with E-state index in [1.54, 1.807) is 0 Å². The Kier molecular flexibility index (Phi) is 7.22. The van der Waals surface area contributed by atoms with E-state index >= 15 is 0 Å². The number of benzene rings is 8. The van der Waals surface area contributed by atoms with Gasteiger partial charge in [0, 0.05) is 4.90 Å². The van der Waals surface area contributed by atoms with Crippen molar-refractivity contribution in [3.8, 4) is 33.4 Å². The highest BCUT2D eigenvalue weighted by Crippen LogP contribution is 2.65. The molecule has 8 aromatic carbocycles. The summed E-state index contributed by atoms with van der Waals surface area (Å²) in [6, 6.07) is 69.4. The van der Waals surface area contributed by atoms with Gasteiger partial charge in [-0.1, -0.05) is 188 Å². The topological polar surface area (TPSA) is 0 Å². The second kappa shape index (κ2) is 13.0. The summed E-state index contributed by atoms with van der Waals surface area (Å²) in [5.41, 5.74) is 30.8. The second-order valence-electron chi connectivity index (χ2n) is 18.9. The van der Waals surface area contributed by atoms with Crippen molar-refractivity contribution in [2.75, 3.05) is 0 Å². The minimum absolute atomic E-state index is 0.314. The Morgan fingerprint density at radius 3 is 1.40 bits per heavy atom. The van der Waals surface area contributed by atoms with Gasteiger partial charge < -0.3 is 0 Å². The van der Waals surface area contributed by atoms with E-state index in [4.69, 9.17) is 6.58 Å². The number of hydrogen-bond acceptors (Lipinski definition) is 1. The average Bonchev–Trinajstić information content (AvgIpc) is 4.05. The molecule has 0 atom stereocenters. The second-order valence-corrected chi connectivity index (χ2v) is 20.0. The van der Waals surface area contributed by atoms with Crippen molar-refractivity contribution in [2.24, 2.45) is 0 Å². The van der Waals surface area contributed by atoms with Crippen LogP contribution in [0.25, 0.3) is 55.7 Å². The van der Waals surface area contributed by atoms with Gasteiger partial charge in [0.2, 0.25) is 0 Å². The molecule has 1 heterocycles. The van der Waals surface area contributed by atoms with Crippen molar-refractivity contribution < 1.29 is 0 Å². The van der Waals surface area contributed by atoms with E-state index in [1.807, 2.05) is 11.8 Å². The van der Waals surface area contributed by atoms with Crippen molar-refractivity contribution >= 4 is 34.1 Å². The van der Waals surface area contributed by atoms with Crippen LogP contribution in [0.3, 0.4) is 0 Å². The molecule has 1 aliphatic heterocycles. The van der Waals surface area contributed by atoms with E-state index in [2.05, 4.69) is 194 Å². The third-order valence-electron chi connectivity index (χ3n) is 16.1. The maximum atomic E-state index is 4.89. The van der Waals surface area contributed by atoms with E-state index in [0.717, 1.165) is 31.3 Å². The summed E-state index contributed by atoms with van der Waals surface area (Å²) in [5, 5.41) is 0. The summed E-state index contributed by atoms with van der Waals surface area (Å²) < 4.78 is 0. The summed E-state index contributed by atoms with van der Waals surface area (Å²) in [6.07, 6.45) is 9.15. The van der Waals surface area contributed by atoms with Gasteiger partial charge in [-0.15, -0.1) is 0 Å². The molecule has 8 aromatic rings. The molecule has 65 heavy (non-hydrogen) atoms. The maximum Gasteiger partial charge on any atom is 0.0725 e. The summed E-state index contributed by atoms with van der Waals surface area (Å²) in [4.78, 5) is 2.77. The summed E-state index contributed by atoms with van der Waals surface area (Å²) in [7, 11) is 0. The maximum absolute atomic E-state index is 4.89. The third kappa shape index (κ3) is 4.50. The predicted octanol–water partition coefficient (Wildman–Crippen LogP) is 16.2. The average molecular weight is 843 g/mol. The van der Waals surface area contributed by atoms with Crippen molar-refractivity contribution in [3.05, 3.63) is 278 Å². The first-order valence-electron chi connectivity index (χ1n) is 23.3. The molecule has 0 saturated heterocycles. The largest absolute Gasteiger partial charge is 0.0932 e. The molecule has 0 N–H and O–H groups in total. The lowest BCUT2D eigenvalue weighted by Gasteiger charge is -2.33. The lowest BCUT2D eigenvalue weighted by atomic mass is 9.68. The van der Waals surface area contributed by atoms with Crippen molar-refractivity contribution in [2.45, 2.75) is 41.4 Å². The van der Waals surface area contributed by atoms with Crippen molar-refractivity contribution in [3.63, 3.8) is 0 Å². The van der Waals surface area contributed by atoms with Crippen LogP contribution >= 0.6 is 11.8 Å². The molecule has 304 valence electrons. The molecule has 0 fully saturated rings. The Bertz CT molecular complexity index is 3540. The molecule has 6 aliphatic carbocycles. The molecule has 0 radical (unpaired) electrons. The molecule has 2 spiro atoms. The molecular formula is C64H42S. The fourth-order valence-electron chi connectivity index (χ4n) is 13.5. The number of allylic oxidation sites excluding steroid dienone is 9. The lowest BCUT2D eigenvalue weighted by Crippen LogP contribution is -2.27. The molecule has 0 saturated carbocycles. The highest BCUT2D eigenvalue weighted by molar-refractivity contribution is 8.03. The molecule has 1 heteroatoms. The zero-order valence-corrected chi connectivity index (χ0v) is 36.7. The van der Waals surface area contributed by atoms with Crippen LogP contribution in [0.5, 0.6) is 0 Å². The highest BCUT2D eigenvalue weighted by atomic mass is 32.2. The van der Waals surface area contributed by atoms with Gasteiger partial charge in [0.15, 0.2) is 0 Å². The van der Waals surface area contributed by atoms with Gasteiger partial charge in [0.25, 0.3) is 0 Å². The zero-order valence-electron chi connectivity index (χ0n) is 35.9. The Labute approximate surface area is 384 Å². The van der Waals surface area contributed by atoms with E-state index < -0.39 is 0 Å². The van der Waals surface area contributed by atoms with Gasteiger partial charge >= 0.3 is 0 Å². The van der Waals surface area contributed by atoms with Crippen LogP contribution in [-0.2, 0) is 10.8 Å². The van der Waals surface area contributed by atoms with E-state index in [0.29, 0.717) is 0 Å². The molecule has 0 bridgehead atoms. The first-order valence-corrected chi connectivity index (χ1v) is 24.1. The Hall–Kier alpha value is -7.19. The number of thioether (sulfide) groups is 1. The standard InChI is InChI=1S/C64H42S/c1-38-51-34-39(41-26-30-49-47-18-6-12-24-57(47)63(59(49)36-41)53-20-8-2-14-43(53)44-15-3-9-21-54(44)63)28-32-61(51)65-62-33-29-40(35-52(38)62)42-27-31-50-48-19-7-13-25-58(48)64(60(50)37-42)55-22-10-4-16-45(55)46-17-5-11-23-56(46)64/h2-26,29-30,33-37H,1,27-28,31-32H2. The minimum Gasteiger partial charge on any atom is -0.0932 e. The fraction of sp³-hybridized carbons (Fsp3) is 0.0938. The molecule has 7 aliphatic rings. The lowest BCUT2D eigenvalue weighted by molar-refractivity contribution is 0.782. The van der Waals surface area contributed by atoms with Gasteiger partial charge in [-0.05, 0) is 183 Å². The van der Waals surface area contributed by atoms with E-state index in [1.165, 1.54) is 132 Å². The van der Waals surface area contributed by atoms with E-state index in [-0.39, 0.29) is 10.8 Å². The van der Waals surface area contributed by atoms with Crippen LogP contribution in [0.2, 0.25) is 0 Å². The summed E-state index contributed by atoms with van der Waals surface area (Å²) in [6.45, 7) is 4.89. The Morgan fingerprint density at radius 1 is 0.369 bits per heavy atom. The zero-order chi connectivity index (χ0) is 42.6. The monoisotopic (exact) mass is 842 g/mol. The molecule has 0 amide bonds.